The maximum atomic E-state index is 11.8. The number of amides is 1. The number of hydrogen-bond donors (Lipinski definition) is 2. The Bertz CT molecular complexity index is 588. The van der Waals surface area contributed by atoms with Crippen LogP contribution in [0.1, 0.15) is 11.1 Å². The second-order valence-electron chi connectivity index (χ2n) is 4.12. The first-order valence-electron chi connectivity index (χ1n) is 5.65. The van der Waals surface area contributed by atoms with Gasteiger partial charge >= 0.3 is 0 Å². The van der Waals surface area contributed by atoms with Gasteiger partial charge in [0.25, 0.3) is 5.91 Å². The van der Waals surface area contributed by atoms with Crippen LogP contribution in [0.25, 0.3) is 0 Å². The summed E-state index contributed by atoms with van der Waals surface area (Å²) in [6.07, 6.45) is 1.63. The van der Waals surface area contributed by atoms with Crippen molar-refractivity contribution in [1.29, 1.82) is 0 Å². The minimum absolute atomic E-state index is 0.125. The predicted octanol–water partition coefficient (Wildman–Crippen LogP) is 3.14. The summed E-state index contributed by atoms with van der Waals surface area (Å²) in [4.78, 5) is 15.9. The van der Waals surface area contributed by atoms with E-state index in [1.54, 1.807) is 11.6 Å². The molecule has 0 unspecified atom stereocenters. The van der Waals surface area contributed by atoms with E-state index in [0.29, 0.717) is 5.13 Å². The fourth-order valence-electron chi connectivity index (χ4n) is 1.67. The van der Waals surface area contributed by atoms with Gasteiger partial charge in [0, 0.05) is 17.3 Å². The lowest BCUT2D eigenvalue weighted by atomic mass is 10.1. The molecule has 98 valence electrons. The number of carbonyl (C=O) groups is 1. The molecule has 2 N–H and O–H groups in total. The number of anilines is 2. The number of thiocarbonyl (C=S) groups is 1. The van der Waals surface area contributed by atoms with E-state index in [0.717, 1.165) is 16.8 Å². The maximum Gasteiger partial charge on any atom is 0.285 e. The largest absolute Gasteiger partial charge is 0.342 e. The molecule has 0 fully saturated rings. The zero-order valence-electron chi connectivity index (χ0n) is 10.6. The molecule has 0 aliphatic heterocycles. The zero-order chi connectivity index (χ0) is 13.8. The Kier molecular flexibility index (Phi) is 4.24. The quantitative estimate of drug-likeness (QED) is 0.835. The summed E-state index contributed by atoms with van der Waals surface area (Å²) in [7, 11) is 0. The second kappa shape index (κ2) is 5.90. The molecule has 0 radical (unpaired) electrons. The molecule has 0 saturated carbocycles. The van der Waals surface area contributed by atoms with Gasteiger partial charge in [-0.15, -0.1) is 11.3 Å². The fourth-order valence-corrected chi connectivity index (χ4v) is 2.37. The number of benzene rings is 1. The second-order valence-corrected chi connectivity index (χ2v) is 5.42. The van der Waals surface area contributed by atoms with E-state index in [1.165, 1.54) is 11.3 Å². The summed E-state index contributed by atoms with van der Waals surface area (Å²) >= 11 is 6.42. The van der Waals surface area contributed by atoms with Gasteiger partial charge in [0.15, 0.2) is 10.1 Å². The summed E-state index contributed by atoms with van der Waals surface area (Å²) in [5.74, 6) is -0.357. The van der Waals surface area contributed by atoms with Crippen molar-refractivity contribution in [3.63, 3.8) is 0 Å². The highest BCUT2D eigenvalue weighted by Gasteiger charge is 2.11. The highest BCUT2D eigenvalue weighted by Crippen LogP contribution is 2.15. The lowest BCUT2D eigenvalue weighted by Gasteiger charge is -2.09. The van der Waals surface area contributed by atoms with Crippen molar-refractivity contribution in [2.45, 2.75) is 13.8 Å². The van der Waals surface area contributed by atoms with Crippen LogP contribution < -0.4 is 10.6 Å². The van der Waals surface area contributed by atoms with Gasteiger partial charge in [-0.1, -0.05) is 18.3 Å². The first-order chi connectivity index (χ1) is 9.04. The summed E-state index contributed by atoms with van der Waals surface area (Å²) < 4.78 is 0. The molecule has 2 rings (SSSR count). The zero-order valence-corrected chi connectivity index (χ0v) is 12.2. The van der Waals surface area contributed by atoms with Gasteiger partial charge in [0.2, 0.25) is 0 Å². The van der Waals surface area contributed by atoms with Crippen LogP contribution in [0.4, 0.5) is 10.8 Å². The predicted molar refractivity (Wildman–Crippen MR) is 82.9 cm³/mol. The van der Waals surface area contributed by atoms with E-state index in [4.69, 9.17) is 12.2 Å². The molecule has 19 heavy (non-hydrogen) atoms. The Morgan fingerprint density at radius 1 is 1.21 bits per heavy atom. The van der Waals surface area contributed by atoms with E-state index in [1.807, 2.05) is 26.0 Å². The van der Waals surface area contributed by atoms with Crippen LogP contribution in [0.15, 0.2) is 29.8 Å². The van der Waals surface area contributed by atoms with Crippen LogP contribution in [-0.2, 0) is 4.79 Å². The average Bonchev–Trinajstić information content (AvgIpc) is 2.80. The molecular weight excluding hydrogens is 278 g/mol. The summed E-state index contributed by atoms with van der Waals surface area (Å²) in [5, 5.41) is 7.89. The molecule has 4 nitrogen and oxygen atoms in total. The number of aryl methyl sites for hydroxylation is 2. The number of aromatic nitrogens is 1. The van der Waals surface area contributed by atoms with Crippen molar-refractivity contribution in [3.05, 3.63) is 40.9 Å². The first kappa shape index (κ1) is 13.6. The SMILES string of the molecule is Cc1cc(C)cc(NC(=S)C(=O)Nc2nccs2)c1. The van der Waals surface area contributed by atoms with Crippen LogP contribution in [-0.4, -0.2) is 15.9 Å². The van der Waals surface area contributed by atoms with E-state index in [9.17, 15) is 4.79 Å². The van der Waals surface area contributed by atoms with Crippen molar-refractivity contribution < 1.29 is 4.79 Å². The topological polar surface area (TPSA) is 54.0 Å². The monoisotopic (exact) mass is 291 g/mol. The molecule has 1 heterocycles. The molecule has 1 aromatic heterocycles. The van der Waals surface area contributed by atoms with Crippen molar-refractivity contribution >= 4 is 45.3 Å². The number of hydrogen-bond acceptors (Lipinski definition) is 4. The molecule has 0 spiro atoms. The number of thiazole rings is 1. The lowest BCUT2D eigenvalue weighted by Crippen LogP contribution is -2.27. The van der Waals surface area contributed by atoms with Crippen LogP contribution in [0.2, 0.25) is 0 Å². The van der Waals surface area contributed by atoms with Gasteiger partial charge in [0.1, 0.15) is 0 Å². The Labute approximate surface area is 120 Å². The third-order valence-corrected chi connectivity index (χ3v) is 3.31. The third-order valence-electron chi connectivity index (χ3n) is 2.34. The molecule has 0 bridgehead atoms. The normalized spacial score (nSPS) is 10.0. The molecular formula is C13H13N3OS2. The molecule has 1 amide bonds. The van der Waals surface area contributed by atoms with Gasteiger partial charge in [-0.3, -0.25) is 10.1 Å². The highest BCUT2D eigenvalue weighted by molar-refractivity contribution is 7.82. The van der Waals surface area contributed by atoms with E-state index in [-0.39, 0.29) is 10.9 Å². The minimum Gasteiger partial charge on any atom is -0.342 e. The summed E-state index contributed by atoms with van der Waals surface area (Å²) in [5.41, 5.74) is 3.05. The smallest absolute Gasteiger partial charge is 0.285 e. The number of nitrogens with zero attached hydrogens (tertiary/aromatic N) is 1. The average molecular weight is 291 g/mol. The molecule has 0 aliphatic carbocycles. The molecule has 0 aliphatic rings. The Balaban J connectivity index is 2.02. The van der Waals surface area contributed by atoms with Gasteiger partial charge in [0.05, 0.1) is 0 Å². The number of nitrogens with one attached hydrogen (secondary N) is 2. The number of rotatable bonds is 2. The van der Waals surface area contributed by atoms with Gasteiger partial charge in [-0.2, -0.15) is 0 Å². The molecule has 0 saturated heterocycles. The third kappa shape index (κ3) is 3.84. The van der Waals surface area contributed by atoms with Gasteiger partial charge in [-0.05, 0) is 37.1 Å². The number of carbonyl (C=O) groups excluding carboxylic acids is 1. The maximum absolute atomic E-state index is 11.8. The van der Waals surface area contributed by atoms with Crippen molar-refractivity contribution in [2.24, 2.45) is 0 Å². The van der Waals surface area contributed by atoms with Crippen LogP contribution in [0, 0.1) is 13.8 Å². The summed E-state index contributed by atoms with van der Waals surface area (Å²) in [6.45, 7) is 3.99. The highest BCUT2D eigenvalue weighted by atomic mass is 32.1. The molecule has 2 aromatic rings. The standard InChI is InChI=1S/C13H13N3OS2/c1-8-5-9(2)7-10(6-8)15-12(18)11(17)16-13-14-3-4-19-13/h3-7H,1-2H3,(H,15,18)(H,14,16,17). The molecule has 0 atom stereocenters. The van der Waals surface area contributed by atoms with Crippen molar-refractivity contribution in [1.82, 2.24) is 4.98 Å². The Hall–Kier alpha value is -1.79. The van der Waals surface area contributed by atoms with Gasteiger partial charge < -0.3 is 5.32 Å². The van der Waals surface area contributed by atoms with E-state index >= 15 is 0 Å². The lowest BCUT2D eigenvalue weighted by molar-refractivity contribution is -0.110. The van der Waals surface area contributed by atoms with Crippen molar-refractivity contribution in [3.8, 4) is 0 Å². The van der Waals surface area contributed by atoms with E-state index < -0.39 is 0 Å². The Morgan fingerprint density at radius 3 is 2.47 bits per heavy atom. The van der Waals surface area contributed by atoms with Crippen molar-refractivity contribution in [2.75, 3.05) is 10.6 Å². The van der Waals surface area contributed by atoms with Crippen LogP contribution in [0.5, 0.6) is 0 Å². The van der Waals surface area contributed by atoms with Crippen LogP contribution >= 0.6 is 23.6 Å². The van der Waals surface area contributed by atoms with E-state index in [2.05, 4.69) is 21.7 Å². The van der Waals surface area contributed by atoms with Crippen LogP contribution in [0.3, 0.4) is 0 Å². The van der Waals surface area contributed by atoms with Gasteiger partial charge in [-0.25, -0.2) is 4.98 Å². The molecule has 1 aromatic carbocycles. The molecule has 6 heteroatoms. The summed E-state index contributed by atoms with van der Waals surface area (Å²) in [6, 6.07) is 5.94. The Morgan fingerprint density at radius 2 is 1.89 bits per heavy atom. The minimum atomic E-state index is -0.357. The fraction of sp³-hybridized carbons (Fsp3) is 0.154. The first-order valence-corrected chi connectivity index (χ1v) is 6.93.